The van der Waals surface area contributed by atoms with E-state index in [0.29, 0.717) is 30.5 Å². The molecule has 0 radical (unpaired) electrons. The summed E-state index contributed by atoms with van der Waals surface area (Å²) in [4.78, 5) is 12.5. The Kier molecular flexibility index (Phi) is 7.19. The van der Waals surface area contributed by atoms with E-state index in [2.05, 4.69) is 22.1 Å². The zero-order valence-corrected chi connectivity index (χ0v) is 18.7. The molecule has 1 saturated heterocycles. The lowest BCUT2D eigenvalue weighted by atomic mass is 10.1. The maximum absolute atomic E-state index is 12.5. The van der Waals surface area contributed by atoms with Crippen LogP contribution in [0.1, 0.15) is 30.7 Å². The third-order valence-corrected chi connectivity index (χ3v) is 7.78. The van der Waals surface area contributed by atoms with Crippen LogP contribution in [0.25, 0.3) is 0 Å². The zero-order valence-electron chi connectivity index (χ0n) is 17.1. The van der Waals surface area contributed by atoms with E-state index in [1.807, 2.05) is 28.8 Å². The second-order valence-electron chi connectivity index (χ2n) is 7.17. The van der Waals surface area contributed by atoms with Gasteiger partial charge in [0, 0.05) is 19.0 Å². The van der Waals surface area contributed by atoms with Crippen LogP contribution in [0.15, 0.2) is 42.1 Å². The Morgan fingerprint density at radius 1 is 1.40 bits per heavy atom. The predicted molar refractivity (Wildman–Crippen MR) is 116 cm³/mol. The Bertz CT molecular complexity index is 1000. The highest BCUT2D eigenvalue weighted by Gasteiger charge is 2.33. The first-order chi connectivity index (χ1) is 14.3. The minimum absolute atomic E-state index is 0.0881. The van der Waals surface area contributed by atoms with Gasteiger partial charge in [-0.3, -0.25) is 4.79 Å². The Morgan fingerprint density at radius 3 is 2.73 bits per heavy atom. The maximum atomic E-state index is 12.5. The van der Waals surface area contributed by atoms with Gasteiger partial charge in [0.2, 0.25) is 5.91 Å². The number of ether oxygens (including phenoxy) is 1. The van der Waals surface area contributed by atoms with E-state index < -0.39 is 15.1 Å². The minimum Gasteiger partial charge on any atom is -0.497 e. The lowest BCUT2D eigenvalue weighted by Crippen LogP contribution is -2.30. The van der Waals surface area contributed by atoms with Crippen LogP contribution in [0.2, 0.25) is 0 Å². The molecule has 1 fully saturated rings. The lowest BCUT2D eigenvalue weighted by molar-refractivity contribution is -0.120. The standard InChI is InChI=1S/C20H26N4O4S2/c1-4-10-24-18(16-9-11-30(26,27)13-16)22-23-20(24)29-14(2)19(25)21-12-15-5-7-17(28-3)8-6-15/h4-8,14,16H,1,9-13H2,2-3H3,(H,21,25)/t14-,16+/m0/s1. The van der Waals surface area contributed by atoms with Crippen molar-refractivity contribution in [3.63, 3.8) is 0 Å². The molecule has 1 N–H and O–H groups in total. The van der Waals surface area contributed by atoms with Crippen LogP contribution < -0.4 is 10.1 Å². The second kappa shape index (κ2) is 9.65. The molecule has 2 atom stereocenters. The predicted octanol–water partition coefficient (Wildman–Crippen LogP) is 2.17. The topological polar surface area (TPSA) is 103 Å². The number of rotatable bonds is 9. The highest BCUT2D eigenvalue weighted by molar-refractivity contribution is 8.00. The van der Waals surface area contributed by atoms with Crippen molar-refractivity contribution in [1.29, 1.82) is 0 Å². The van der Waals surface area contributed by atoms with Crippen molar-refractivity contribution in [2.45, 2.75) is 42.8 Å². The molecule has 1 aliphatic heterocycles. The zero-order chi connectivity index (χ0) is 21.7. The van der Waals surface area contributed by atoms with Crippen molar-refractivity contribution in [2.24, 2.45) is 0 Å². The largest absolute Gasteiger partial charge is 0.497 e. The SMILES string of the molecule is C=CCn1c(S[C@@H](C)C(=O)NCc2ccc(OC)cc2)nnc1[C@@H]1CCS(=O)(=O)C1. The van der Waals surface area contributed by atoms with E-state index in [-0.39, 0.29) is 23.3 Å². The Balaban J connectivity index is 1.64. The normalized spacial score (nSPS) is 18.7. The van der Waals surface area contributed by atoms with Crippen molar-refractivity contribution in [2.75, 3.05) is 18.6 Å². The first-order valence-corrected chi connectivity index (χ1v) is 12.3. The molecule has 0 bridgehead atoms. The Morgan fingerprint density at radius 2 is 2.13 bits per heavy atom. The smallest absolute Gasteiger partial charge is 0.233 e. The van der Waals surface area contributed by atoms with Crippen LogP contribution in [0.4, 0.5) is 0 Å². The summed E-state index contributed by atoms with van der Waals surface area (Å²) in [5.74, 6) is 1.38. The van der Waals surface area contributed by atoms with Crippen molar-refractivity contribution in [3.8, 4) is 5.75 Å². The Labute approximate surface area is 181 Å². The first kappa shape index (κ1) is 22.4. The highest BCUT2D eigenvalue weighted by atomic mass is 32.2. The highest BCUT2D eigenvalue weighted by Crippen LogP contribution is 2.31. The number of thioether (sulfide) groups is 1. The van der Waals surface area contributed by atoms with Crippen LogP contribution in [0.5, 0.6) is 5.75 Å². The van der Waals surface area contributed by atoms with Crippen molar-refractivity contribution >= 4 is 27.5 Å². The molecule has 1 aromatic carbocycles. The summed E-state index contributed by atoms with van der Waals surface area (Å²) in [5, 5.41) is 11.6. The maximum Gasteiger partial charge on any atom is 0.233 e. The summed E-state index contributed by atoms with van der Waals surface area (Å²) >= 11 is 1.30. The number of carbonyl (C=O) groups is 1. The molecular formula is C20H26N4O4S2. The van der Waals surface area contributed by atoms with Crippen molar-refractivity contribution in [3.05, 3.63) is 48.3 Å². The lowest BCUT2D eigenvalue weighted by Gasteiger charge is -2.14. The van der Waals surface area contributed by atoms with Gasteiger partial charge in [-0.05, 0) is 31.0 Å². The summed E-state index contributed by atoms with van der Waals surface area (Å²) in [7, 11) is -1.42. The number of carbonyl (C=O) groups excluding carboxylic acids is 1. The van der Waals surface area contributed by atoms with Gasteiger partial charge in [-0.25, -0.2) is 8.42 Å². The number of nitrogens with one attached hydrogen (secondary N) is 1. The van der Waals surface area contributed by atoms with Crippen molar-refractivity contribution in [1.82, 2.24) is 20.1 Å². The first-order valence-electron chi connectivity index (χ1n) is 9.64. The molecule has 0 unspecified atom stereocenters. The number of nitrogens with zero attached hydrogens (tertiary/aromatic N) is 3. The summed E-state index contributed by atoms with van der Waals surface area (Å²) in [6.07, 6.45) is 2.26. The average Bonchev–Trinajstić information content (AvgIpc) is 3.29. The van der Waals surface area contributed by atoms with Crippen LogP contribution in [-0.4, -0.2) is 53.0 Å². The molecule has 1 aliphatic rings. The molecule has 3 rings (SSSR count). The van der Waals surface area contributed by atoms with Crippen LogP contribution in [0.3, 0.4) is 0 Å². The number of aromatic nitrogens is 3. The minimum atomic E-state index is -3.03. The fourth-order valence-electron chi connectivity index (χ4n) is 3.28. The van der Waals surface area contributed by atoms with E-state index in [0.717, 1.165) is 11.3 Å². The molecular weight excluding hydrogens is 424 g/mol. The molecule has 2 heterocycles. The van der Waals surface area contributed by atoms with E-state index in [1.165, 1.54) is 11.8 Å². The van der Waals surface area contributed by atoms with Gasteiger partial charge in [0.15, 0.2) is 15.0 Å². The van der Waals surface area contributed by atoms with Gasteiger partial charge in [-0.15, -0.1) is 16.8 Å². The van der Waals surface area contributed by atoms with Gasteiger partial charge in [0.25, 0.3) is 0 Å². The molecule has 0 aliphatic carbocycles. The van der Waals surface area contributed by atoms with Crippen LogP contribution in [0, 0.1) is 0 Å². The Hall–Kier alpha value is -2.33. The van der Waals surface area contributed by atoms with Crippen LogP contribution >= 0.6 is 11.8 Å². The number of amides is 1. The van der Waals surface area contributed by atoms with Gasteiger partial charge in [-0.2, -0.15) is 0 Å². The molecule has 0 saturated carbocycles. The van der Waals surface area contributed by atoms with E-state index in [1.54, 1.807) is 20.1 Å². The number of hydrogen-bond acceptors (Lipinski definition) is 7. The third kappa shape index (κ3) is 5.42. The number of benzene rings is 1. The molecule has 0 spiro atoms. The number of hydrogen-bond donors (Lipinski definition) is 1. The third-order valence-electron chi connectivity index (χ3n) is 4.93. The molecule has 30 heavy (non-hydrogen) atoms. The fraction of sp³-hybridized carbons (Fsp3) is 0.450. The molecule has 2 aromatic rings. The second-order valence-corrected chi connectivity index (χ2v) is 10.7. The van der Waals surface area contributed by atoms with E-state index in [4.69, 9.17) is 4.74 Å². The fourth-order valence-corrected chi connectivity index (χ4v) is 5.91. The molecule has 8 nitrogen and oxygen atoms in total. The molecule has 1 amide bonds. The monoisotopic (exact) mass is 450 g/mol. The van der Waals surface area contributed by atoms with Crippen molar-refractivity contribution < 1.29 is 17.9 Å². The molecule has 1 aromatic heterocycles. The molecule has 10 heteroatoms. The summed E-state index contributed by atoms with van der Waals surface area (Å²) in [6.45, 7) is 6.45. The van der Waals surface area contributed by atoms with Gasteiger partial charge in [-0.1, -0.05) is 30.0 Å². The number of allylic oxidation sites excluding steroid dienone is 1. The van der Waals surface area contributed by atoms with Gasteiger partial charge in [0.05, 0.1) is 23.9 Å². The quantitative estimate of drug-likeness (QED) is 0.461. The summed E-state index contributed by atoms with van der Waals surface area (Å²) < 4.78 is 30.7. The molecule has 162 valence electrons. The van der Waals surface area contributed by atoms with Gasteiger partial charge >= 0.3 is 0 Å². The van der Waals surface area contributed by atoms with E-state index >= 15 is 0 Å². The average molecular weight is 451 g/mol. The number of methoxy groups -OCH3 is 1. The van der Waals surface area contributed by atoms with Gasteiger partial charge in [0.1, 0.15) is 11.6 Å². The summed E-state index contributed by atoms with van der Waals surface area (Å²) in [6, 6.07) is 7.50. The van der Waals surface area contributed by atoms with E-state index in [9.17, 15) is 13.2 Å². The number of sulfone groups is 1. The van der Waals surface area contributed by atoms with Crippen LogP contribution in [-0.2, 0) is 27.7 Å². The van der Waals surface area contributed by atoms with Gasteiger partial charge < -0.3 is 14.6 Å². The summed E-state index contributed by atoms with van der Waals surface area (Å²) in [5.41, 5.74) is 0.973.